The van der Waals surface area contributed by atoms with Crippen molar-refractivity contribution in [2.24, 2.45) is 0 Å². The SMILES string of the molecule is Cc1cc(-c2ccccc2[S-](=O)=O)c2ccc3c(-c4ccccc4S(=O)(=O)[O-])cc(C)nc3c2n1.[Na+].[OH3+]. The molecule has 184 valence electrons. The van der Waals surface area contributed by atoms with Gasteiger partial charge in [-0.05, 0) is 65.0 Å². The van der Waals surface area contributed by atoms with E-state index in [1.165, 1.54) is 12.1 Å². The second-order valence-electron chi connectivity index (χ2n) is 8.16. The summed E-state index contributed by atoms with van der Waals surface area (Å²) in [6.07, 6.45) is 0. The molecule has 5 rings (SSSR count). The zero-order chi connectivity index (χ0) is 24.9. The van der Waals surface area contributed by atoms with Crippen LogP contribution in [-0.2, 0) is 34.7 Å². The molecule has 0 aliphatic rings. The van der Waals surface area contributed by atoms with E-state index in [0.717, 1.165) is 0 Å². The summed E-state index contributed by atoms with van der Waals surface area (Å²) in [5.41, 5.74) is 4.45. The van der Waals surface area contributed by atoms with Crippen molar-refractivity contribution < 1.29 is 56.4 Å². The van der Waals surface area contributed by atoms with Crippen LogP contribution in [0.1, 0.15) is 11.4 Å². The summed E-state index contributed by atoms with van der Waals surface area (Å²) in [5.74, 6) is 0. The number of pyridine rings is 2. The van der Waals surface area contributed by atoms with E-state index in [-0.39, 0.29) is 50.4 Å². The Morgan fingerprint density at radius 1 is 0.703 bits per heavy atom. The summed E-state index contributed by atoms with van der Waals surface area (Å²) in [7, 11) is -7.15. The Balaban J connectivity index is 0.00000190. The van der Waals surface area contributed by atoms with E-state index < -0.39 is 20.8 Å². The first-order valence-corrected chi connectivity index (χ1v) is 13.1. The molecule has 0 aliphatic heterocycles. The molecule has 0 aliphatic carbocycles. The molecular formula is C26H21N2NaO6S2. The number of nitrogens with zero attached hydrogens (tertiary/aromatic N) is 2. The molecule has 0 saturated heterocycles. The third kappa shape index (κ3) is 5.32. The van der Waals surface area contributed by atoms with Crippen LogP contribution >= 0.6 is 0 Å². The molecule has 0 fully saturated rings. The molecule has 2 aromatic heterocycles. The van der Waals surface area contributed by atoms with Crippen LogP contribution in [0.5, 0.6) is 0 Å². The van der Waals surface area contributed by atoms with Crippen LogP contribution in [-0.4, -0.2) is 22.9 Å². The van der Waals surface area contributed by atoms with Gasteiger partial charge in [0.1, 0.15) is 10.1 Å². The van der Waals surface area contributed by atoms with Crippen molar-refractivity contribution in [2.75, 3.05) is 0 Å². The van der Waals surface area contributed by atoms with Crippen molar-refractivity contribution in [1.82, 2.24) is 9.97 Å². The molecule has 3 N–H and O–H groups in total. The number of rotatable bonds is 4. The fourth-order valence-corrected chi connectivity index (χ4v) is 5.66. The number of hydrogen-bond donors (Lipinski definition) is 0. The Hall–Kier alpha value is -2.70. The van der Waals surface area contributed by atoms with E-state index in [2.05, 4.69) is 0 Å². The van der Waals surface area contributed by atoms with Gasteiger partial charge in [0.05, 0.1) is 15.9 Å². The molecule has 3 aromatic carbocycles. The van der Waals surface area contributed by atoms with Crippen molar-refractivity contribution in [3.63, 3.8) is 0 Å². The fraction of sp³-hybridized carbons (Fsp3) is 0.0769. The van der Waals surface area contributed by atoms with E-state index in [4.69, 9.17) is 9.97 Å². The van der Waals surface area contributed by atoms with E-state index >= 15 is 0 Å². The molecule has 0 spiro atoms. The van der Waals surface area contributed by atoms with Gasteiger partial charge in [-0.15, -0.1) is 0 Å². The molecule has 0 radical (unpaired) electrons. The summed E-state index contributed by atoms with van der Waals surface area (Å²) in [6, 6.07) is 20.0. The predicted octanol–water partition coefficient (Wildman–Crippen LogP) is 1.39. The molecule has 11 heteroatoms. The van der Waals surface area contributed by atoms with Crippen LogP contribution in [0.25, 0.3) is 44.1 Å². The molecular weight excluding hydrogens is 523 g/mol. The average Bonchev–Trinajstić information content (AvgIpc) is 2.82. The Labute approximate surface area is 237 Å². The number of fused-ring (bicyclic) bond motifs is 3. The van der Waals surface area contributed by atoms with Crippen LogP contribution in [0.3, 0.4) is 0 Å². The van der Waals surface area contributed by atoms with E-state index in [0.29, 0.717) is 49.9 Å². The minimum absolute atomic E-state index is 0. The van der Waals surface area contributed by atoms with Gasteiger partial charge in [0.25, 0.3) is 0 Å². The first-order valence-electron chi connectivity index (χ1n) is 10.6. The molecule has 0 unspecified atom stereocenters. The minimum atomic E-state index is -4.71. The van der Waals surface area contributed by atoms with E-state index in [9.17, 15) is 21.4 Å². The second kappa shape index (κ2) is 11.0. The summed E-state index contributed by atoms with van der Waals surface area (Å²) < 4.78 is 59.6. The van der Waals surface area contributed by atoms with Crippen molar-refractivity contribution >= 4 is 42.6 Å². The zero-order valence-electron chi connectivity index (χ0n) is 20.3. The van der Waals surface area contributed by atoms with E-state index in [1.807, 2.05) is 19.1 Å². The number of aryl methyl sites for hydroxylation is 2. The number of aromatic nitrogens is 2. The maximum atomic E-state index is 12.0. The van der Waals surface area contributed by atoms with Gasteiger partial charge in [0, 0.05) is 22.2 Å². The van der Waals surface area contributed by atoms with Gasteiger partial charge in [-0.2, -0.15) is 0 Å². The predicted molar refractivity (Wildman–Crippen MR) is 137 cm³/mol. The van der Waals surface area contributed by atoms with Crippen LogP contribution in [0.15, 0.2) is 82.6 Å². The maximum absolute atomic E-state index is 12.0. The van der Waals surface area contributed by atoms with Crippen molar-refractivity contribution in [1.29, 1.82) is 0 Å². The normalized spacial score (nSPS) is 11.4. The van der Waals surface area contributed by atoms with Gasteiger partial charge in [-0.3, -0.25) is 9.97 Å². The number of hydrogen-bond acceptors (Lipinski definition) is 8. The largest absolute Gasteiger partial charge is 1.00 e. The maximum Gasteiger partial charge on any atom is 1.00 e. The van der Waals surface area contributed by atoms with Gasteiger partial charge in [-0.1, -0.05) is 59.5 Å². The topological polar surface area (TPSA) is 150 Å². The molecule has 0 saturated carbocycles. The monoisotopic (exact) mass is 544 g/mol. The summed E-state index contributed by atoms with van der Waals surface area (Å²) in [6.45, 7) is 3.59. The molecule has 2 heterocycles. The third-order valence-corrected chi connectivity index (χ3v) is 7.43. The summed E-state index contributed by atoms with van der Waals surface area (Å²) >= 11 is 0. The summed E-state index contributed by atoms with van der Waals surface area (Å²) in [4.78, 5) is 9.28. The molecule has 0 atom stereocenters. The molecule has 5 aromatic rings. The molecule has 0 bridgehead atoms. The Morgan fingerprint density at radius 2 is 1.16 bits per heavy atom. The van der Waals surface area contributed by atoms with Crippen LogP contribution in [0, 0.1) is 13.8 Å². The second-order valence-corrected chi connectivity index (χ2v) is 10.4. The van der Waals surface area contributed by atoms with Crippen molar-refractivity contribution in [3.05, 3.63) is 84.2 Å². The zero-order valence-corrected chi connectivity index (χ0v) is 23.9. The Bertz CT molecular complexity index is 1850. The first kappa shape index (κ1) is 28.9. The molecule has 8 nitrogen and oxygen atoms in total. The van der Waals surface area contributed by atoms with Crippen LogP contribution < -0.4 is 29.6 Å². The standard InChI is InChI=1S/C26H19N2O5S2.Na.H2O/c1-15-13-21(17-7-3-5-9-23(17)34(29)30)19-11-12-20-22(14-16(2)28-26(20)25(19)27-15)18-8-4-6-10-24(18)35(31,32)33;;/h3-14H,1-2H3,(H,31,32,33);;1H2/q-1;+1;. The van der Waals surface area contributed by atoms with Crippen molar-refractivity contribution in [3.8, 4) is 22.3 Å². The van der Waals surface area contributed by atoms with E-state index in [1.54, 1.807) is 55.5 Å². The summed E-state index contributed by atoms with van der Waals surface area (Å²) in [5, 5.41) is 1.33. The smallest absolute Gasteiger partial charge is 0.744 e. The van der Waals surface area contributed by atoms with Gasteiger partial charge in [-0.25, -0.2) is 8.42 Å². The Kier molecular flexibility index (Phi) is 8.55. The number of benzene rings is 3. The molecule has 37 heavy (non-hydrogen) atoms. The van der Waals surface area contributed by atoms with Gasteiger partial charge < -0.3 is 18.4 Å². The van der Waals surface area contributed by atoms with Crippen LogP contribution in [0.4, 0.5) is 0 Å². The third-order valence-electron chi connectivity index (χ3n) is 5.82. The Morgan fingerprint density at radius 3 is 1.68 bits per heavy atom. The quantitative estimate of drug-likeness (QED) is 0.109. The minimum Gasteiger partial charge on any atom is -0.744 e. The van der Waals surface area contributed by atoms with Gasteiger partial charge in [0.2, 0.25) is 0 Å². The van der Waals surface area contributed by atoms with Crippen LogP contribution in [0.2, 0.25) is 0 Å². The van der Waals surface area contributed by atoms with Gasteiger partial charge >= 0.3 is 29.6 Å². The first-order chi connectivity index (χ1) is 16.6. The van der Waals surface area contributed by atoms with Gasteiger partial charge in [0.15, 0.2) is 0 Å². The fourth-order valence-electron chi connectivity index (χ4n) is 4.42. The average molecular weight is 545 g/mol. The molecule has 0 amide bonds. The van der Waals surface area contributed by atoms with Crippen molar-refractivity contribution in [2.45, 2.75) is 23.6 Å².